The molecule has 0 aliphatic heterocycles. The lowest BCUT2D eigenvalue weighted by Gasteiger charge is -2.19. The van der Waals surface area contributed by atoms with Gasteiger partial charge < -0.3 is 14.2 Å². The molecule has 0 saturated carbocycles. The third-order valence-corrected chi connectivity index (χ3v) is 6.79. The molecule has 2 amide bonds. The molecule has 4 aromatic rings. The Bertz CT molecular complexity index is 1510. The highest BCUT2D eigenvalue weighted by molar-refractivity contribution is 5.89. The van der Waals surface area contributed by atoms with E-state index in [-0.39, 0.29) is 42.4 Å². The Morgan fingerprint density at radius 2 is 1.76 bits per heavy atom. The number of H-pyrrole nitrogens is 1. The normalized spacial score (nSPS) is 12.4. The van der Waals surface area contributed by atoms with E-state index in [0.29, 0.717) is 18.6 Å². The van der Waals surface area contributed by atoms with Crippen LogP contribution in [0.5, 0.6) is 0 Å². The van der Waals surface area contributed by atoms with Gasteiger partial charge in [-0.2, -0.15) is 4.98 Å². The number of aromatic amines is 1. The third kappa shape index (κ3) is 4.89. The molecule has 0 spiro atoms. The van der Waals surface area contributed by atoms with E-state index >= 15 is 0 Å². The van der Waals surface area contributed by atoms with Gasteiger partial charge in [-0.15, -0.1) is 0 Å². The second-order valence-corrected chi connectivity index (χ2v) is 9.71. The molecule has 0 fully saturated rings. The molecule has 5 rings (SSSR count). The van der Waals surface area contributed by atoms with Gasteiger partial charge in [-0.25, -0.2) is 9.78 Å². The lowest BCUT2D eigenvalue weighted by atomic mass is 9.98. The van der Waals surface area contributed by atoms with Crippen molar-refractivity contribution in [1.29, 1.82) is 0 Å². The zero-order chi connectivity index (χ0) is 26.8. The van der Waals surface area contributed by atoms with Crippen LogP contribution in [0.15, 0.2) is 59.7 Å². The summed E-state index contributed by atoms with van der Waals surface area (Å²) in [4.78, 5) is 49.9. The number of anilines is 1. The van der Waals surface area contributed by atoms with Crippen molar-refractivity contribution in [2.45, 2.75) is 38.6 Å². The summed E-state index contributed by atoms with van der Waals surface area (Å²) in [7, 11) is 1.65. The number of aromatic nitrogens is 4. The van der Waals surface area contributed by atoms with Crippen LogP contribution in [0.1, 0.15) is 49.8 Å². The maximum absolute atomic E-state index is 12.7. The first-order valence-electron chi connectivity index (χ1n) is 12.7. The first-order chi connectivity index (χ1) is 18.3. The Morgan fingerprint density at radius 1 is 1.11 bits per heavy atom. The molecule has 2 N–H and O–H groups in total. The molecule has 10 heteroatoms. The van der Waals surface area contributed by atoms with Crippen molar-refractivity contribution in [2.75, 3.05) is 25.5 Å². The average molecular weight is 515 g/mol. The van der Waals surface area contributed by atoms with Crippen molar-refractivity contribution in [2.24, 2.45) is 0 Å². The van der Waals surface area contributed by atoms with E-state index in [1.54, 1.807) is 17.9 Å². The Morgan fingerprint density at radius 3 is 2.42 bits per heavy atom. The number of carbonyl (C=O) groups is 2. The minimum absolute atomic E-state index is 0.00970. The Hall–Kier alpha value is -4.47. The molecular weight excluding hydrogens is 484 g/mol. The van der Waals surface area contributed by atoms with Gasteiger partial charge in [0.2, 0.25) is 11.9 Å². The standard InChI is InChI=1S/C28H30N6O4/c1-17(2)34-16-29-24-25(34)31-27(32-26(24)36)30-23(35)13-8-14-33(3)28(37)38-15-22-20-11-6-4-9-18(20)19-10-5-7-12-21(19)22/h4-7,9-12,16-17,22H,8,13-15H2,1-3H3,(H2,30,31,32,35,36). The van der Waals surface area contributed by atoms with E-state index in [1.807, 2.05) is 38.1 Å². The van der Waals surface area contributed by atoms with E-state index in [0.717, 1.165) is 11.1 Å². The fourth-order valence-electron chi connectivity index (χ4n) is 4.83. The van der Waals surface area contributed by atoms with Gasteiger partial charge >= 0.3 is 6.09 Å². The highest BCUT2D eigenvalue weighted by Crippen LogP contribution is 2.44. The summed E-state index contributed by atoms with van der Waals surface area (Å²) < 4.78 is 7.43. The van der Waals surface area contributed by atoms with Gasteiger partial charge in [-0.05, 0) is 42.5 Å². The zero-order valence-corrected chi connectivity index (χ0v) is 21.6. The molecule has 0 unspecified atom stereocenters. The molecule has 38 heavy (non-hydrogen) atoms. The highest BCUT2D eigenvalue weighted by atomic mass is 16.6. The largest absolute Gasteiger partial charge is 0.448 e. The predicted molar refractivity (Wildman–Crippen MR) is 144 cm³/mol. The quantitative estimate of drug-likeness (QED) is 0.362. The summed E-state index contributed by atoms with van der Waals surface area (Å²) in [5, 5.41) is 2.63. The van der Waals surface area contributed by atoms with Crippen molar-refractivity contribution in [3.05, 3.63) is 76.3 Å². The smallest absolute Gasteiger partial charge is 0.409 e. The average Bonchev–Trinajstić information content (AvgIpc) is 3.47. The van der Waals surface area contributed by atoms with Crippen LogP contribution < -0.4 is 10.9 Å². The lowest BCUT2D eigenvalue weighted by molar-refractivity contribution is -0.116. The molecule has 0 saturated heterocycles. The maximum atomic E-state index is 12.7. The SMILES string of the molecule is CC(C)n1cnc2c(=O)[nH]c(NC(=O)CCCN(C)C(=O)OCC3c4ccccc4-c4ccccc43)nc21. The fourth-order valence-corrected chi connectivity index (χ4v) is 4.83. The second kappa shape index (κ2) is 10.5. The molecule has 1 aliphatic carbocycles. The first-order valence-corrected chi connectivity index (χ1v) is 12.7. The number of hydrogen-bond donors (Lipinski definition) is 2. The van der Waals surface area contributed by atoms with Crippen LogP contribution in [-0.4, -0.2) is 56.6 Å². The predicted octanol–water partition coefficient (Wildman–Crippen LogP) is 4.30. The number of imidazole rings is 1. The summed E-state index contributed by atoms with van der Waals surface area (Å²) in [6.07, 6.45) is 1.68. The van der Waals surface area contributed by atoms with Crippen LogP contribution in [0.4, 0.5) is 10.7 Å². The molecule has 196 valence electrons. The summed E-state index contributed by atoms with van der Waals surface area (Å²) in [6.45, 7) is 4.49. The number of ether oxygens (including phenoxy) is 1. The van der Waals surface area contributed by atoms with Gasteiger partial charge in [-0.1, -0.05) is 48.5 Å². The number of rotatable bonds is 8. The molecule has 2 aromatic heterocycles. The number of nitrogens with one attached hydrogen (secondary N) is 2. The molecular formula is C28H30N6O4. The van der Waals surface area contributed by atoms with Gasteiger partial charge in [0.15, 0.2) is 11.2 Å². The van der Waals surface area contributed by atoms with Crippen molar-refractivity contribution >= 4 is 29.1 Å². The fraction of sp³-hybridized carbons (Fsp3) is 0.321. The van der Waals surface area contributed by atoms with Gasteiger partial charge in [0.1, 0.15) is 6.61 Å². The van der Waals surface area contributed by atoms with Gasteiger partial charge in [0.05, 0.1) is 6.33 Å². The van der Waals surface area contributed by atoms with E-state index in [1.165, 1.54) is 16.0 Å². The van der Waals surface area contributed by atoms with Gasteiger partial charge in [-0.3, -0.25) is 19.9 Å². The van der Waals surface area contributed by atoms with Crippen LogP contribution in [0.3, 0.4) is 0 Å². The molecule has 2 heterocycles. The van der Waals surface area contributed by atoms with Crippen LogP contribution >= 0.6 is 0 Å². The summed E-state index contributed by atoms with van der Waals surface area (Å²) in [6, 6.07) is 16.4. The zero-order valence-electron chi connectivity index (χ0n) is 21.6. The summed E-state index contributed by atoms with van der Waals surface area (Å²) in [5.41, 5.74) is 4.87. The number of fused-ring (bicyclic) bond motifs is 4. The number of hydrogen-bond acceptors (Lipinski definition) is 6. The van der Waals surface area contributed by atoms with Crippen molar-refractivity contribution in [3.63, 3.8) is 0 Å². The van der Waals surface area contributed by atoms with Gasteiger partial charge in [0.25, 0.3) is 5.56 Å². The number of benzene rings is 2. The summed E-state index contributed by atoms with van der Waals surface area (Å²) >= 11 is 0. The number of carbonyl (C=O) groups excluding carboxylic acids is 2. The van der Waals surface area contributed by atoms with E-state index < -0.39 is 11.7 Å². The first kappa shape index (κ1) is 25.2. The Kier molecular flexibility index (Phi) is 6.95. The lowest BCUT2D eigenvalue weighted by Crippen LogP contribution is -2.30. The van der Waals surface area contributed by atoms with Gasteiger partial charge in [0, 0.05) is 32.0 Å². The minimum Gasteiger partial charge on any atom is -0.448 e. The van der Waals surface area contributed by atoms with Crippen LogP contribution in [0.2, 0.25) is 0 Å². The minimum atomic E-state index is -0.439. The van der Waals surface area contributed by atoms with E-state index in [9.17, 15) is 14.4 Å². The second-order valence-electron chi connectivity index (χ2n) is 9.71. The summed E-state index contributed by atoms with van der Waals surface area (Å²) in [5.74, 6) is -0.256. The Balaban J connectivity index is 1.13. The molecule has 1 aliphatic rings. The van der Waals surface area contributed by atoms with Crippen molar-refractivity contribution in [3.8, 4) is 11.1 Å². The molecule has 0 radical (unpaired) electrons. The maximum Gasteiger partial charge on any atom is 0.409 e. The number of amides is 2. The van der Waals surface area contributed by atoms with Crippen LogP contribution in [0.25, 0.3) is 22.3 Å². The highest BCUT2D eigenvalue weighted by Gasteiger charge is 2.29. The molecule has 0 bridgehead atoms. The topological polar surface area (TPSA) is 122 Å². The monoisotopic (exact) mass is 514 g/mol. The third-order valence-electron chi connectivity index (χ3n) is 6.79. The molecule has 2 aromatic carbocycles. The Labute approximate surface area is 219 Å². The van der Waals surface area contributed by atoms with Crippen LogP contribution in [-0.2, 0) is 9.53 Å². The van der Waals surface area contributed by atoms with E-state index in [4.69, 9.17) is 4.74 Å². The van der Waals surface area contributed by atoms with Crippen LogP contribution in [0, 0.1) is 0 Å². The molecule has 0 atom stereocenters. The number of nitrogens with zero attached hydrogens (tertiary/aromatic N) is 4. The van der Waals surface area contributed by atoms with E-state index in [2.05, 4.69) is 44.5 Å². The van der Waals surface area contributed by atoms with Crippen molar-refractivity contribution < 1.29 is 14.3 Å². The van der Waals surface area contributed by atoms with Crippen molar-refractivity contribution in [1.82, 2.24) is 24.4 Å². The molecule has 10 nitrogen and oxygen atoms in total.